The number of sulfonamides is 1. The first-order valence-corrected chi connectivity index (χ1v) is 14.5. The summed E-state index contributed by atoms with van der Waals surface area (Å²) in [6.45, 7) is 7.36. The van der Waals surface area contributed by atoms with Gasteiger partial charge in [-0.15, -0.1) is 0 Å². The van der Waals surface area contributed by atoms with E-state index in [1.54, 1.807) is 50.2 Å². The third-order valence-electron chi connectivity index (χ3n) is 5.53. The fourth-order valence-corrected chi connectivity index (χ4v) is 5.16. The molecule has 0 aliphatic heterocycles. The van der Waals surface area contributed by atoms with Crippen LogP contribution in [-0.2, 0) is 26.2 Å². The van der Waals surface area contributed by atoms with E-state index in [2.05, 4.69) is 5.32 Å². The molecule has 2 aromatic carbocycles. The molecule has 11 heteroatoms. The summed E-state index contributed by atoms with van der Waals surface area (Å²) in [7, 11) is -3.62. The zero-order valence-corrected chi connectivity index (χ0v) is 24.1. The molecule has 0 aliphatic rings. The first-order chi connectivity index (χ1) is 16.7. The molecule has 0 radical (unpaired) electrons. The molecule has 0 aliphatic carbocycles. The van der Waals surface area contributed by atoms with Crippen molar-refractivity contribution in [2.45, 2.75) is 59.2 Å². The van der Waals surface area contributed by atoms with Gasteiger partial charge in [0.1, 0.15) is 6.04 Å². The Balaban J connectivity index is 2.23. The van der Waals surface area contributed by atoms with Crippen LogP contribution in [0.15, 0.2) is 36.4 Å². The Morgan fingerprint density at radius 1 is 1.00 bits per heavy atom. The van der Waals surface area contributed by atoms with Gasteiger partial charge >= 0.3 is 0 Å². The Morgan fingerprint density at radius 2 is 1.67 bits per heavy atom. The fourth-order valence-electron chi connectivity index (χ4n) is 3.66. The lowest BCUT2D eigenvalue weighted by Gasteiger charge is -2.30. The van der Waals surface area contributed by atoms with Gasteiger partial charge in [0.2, 0.25) is 21.8 Å². The largest absolute Gasteiger partial charge is 0.352 e. The van der Waals surface area contributed by atoms with Crippen LogP contribution in [0.1, 0.15) is 44.7 Å². The first-order valence-electron chi connectivity index (χ1n) is 11.5. The number of rotatable bonds is 11. The molecule has 0 saturated carbocycles. The molecule has 2 rings (SSSR count). The number of hydrogen-bond acceptors (Lipinski definition) is 4. The van der Waals surface area contributed by atoms with Gasteiger partial charge in [0.05, 0.1) is 22.0 Å². The third-order valence-corrected chi connectivity index (χ3v) is 7.68. The smallest absolute Gasteiger partial charge is 0.242 e. The summed E-state index contributed by atoms with van der Waals surface area (Å²) in [5, 5.41) is 3.98. The van der Waals surface area contributed by atoms with E-state index in [1.807, 2.05) is 13.8 Å². The minimum Gasteiger partial charge on any atom is -0.352 e. The molecule has 0 unspecified atom stereocenters. The Bertz CT molecular complexity index is 1210. The lowest BCUT2D eigenvalue weighted by Crippen LogP contribution is -2.49. The van der Waals surface area contributed by atoms with Gasteiger partial charge in [-0.3, -0.25) is 13.9 Å². The summed E-state index contributed by atoms with van der Waals surface area (Å²) in [6.07, 6.45) is 1.39. The van der Waals surface area contributed by atoms with Crippen LogP contribution in [0, 0.1) is 6.92 Å². The number of nitrogens with one attached hydrogen (secondary N) is 1. The van der Waals surface area contributed by atoms with Crippen LogP contribution < -0.4 is 9.62 Å². The molecule has 1 N–H and O–H groups in total. The van der Waals surface area contributed by atoms with Crippen LogP contribution in [0.3, 0.4) is 0 Å². The van der Waals surface area contributed by atoms with Crippen molar-refractivity contribution in [1.29, 1.82) is 0 Å². The summed E-state index contributed by atoms with van der Waals surface area (Å²) < 4.78 is 26.3. The summed E-state index contributed by atoms with van der Waals surface area (Å²) in [5.41, 5.74) is 1.93. The minimum absolute atomic E-state index is 0.0340. The number of anilines is 1. The molecule has 0 heterocycles. The van der Waals surface area contributed by atoms with E-state index in [0.717, 1.165) is 11.8 Å². The standard InChI is InChI=1S/C25H32Cl3N3O4S/c1-16(2)29-25(33)18(4)30(15-19-9-11-21(27)22(28)13-19)24(32)7-6-12-31(36(5,34)35)23-14-20(26)10-8-17(23)3/h8-11,13-14,16,18H,6-7,12,15H2,1-5H3,(H,29,33)/t18-/m1/s1. The number of nitrogens with zero attached hydrogens (tertiary/aromatic N) is 2. The highest BCUT2D eigenvalue weighted by atomic mass is 35.5. The van der Waals surface area contributed by atoms with Crippen LogP contribution in [0.4, 0.5) is 5.69 Å². The second kappa shape index (κ2) is 13.0. The van der Waals surface area contributed by atoms with Gasteiger partial charge in [-0.25, -0.2) is 8.42 Å². The van der Waals surface area contributed by atoms with Crippen molar-refractivity contribution in [1.82, 2.24) is 10.2 Å². The summed E-state index contributed by atoms with van der Waals surface area (Å²) in [4.78, 5) is 27.5. The molecule has 0 bridgehead atoms. The Morgan fingerprint density at radius 3 is 2.25 bits per heavy atom. The van der Waals surface area contributed by atoms with E-state index in [9.17, 15) is 18.0 Å². The molecular weight excluding hydrogens is 545 g/mol. The van der Waals surface area contributed by atoms with Gasteiger partial charge in [-0.05, 0) is 69.5 Å². The van der Waals surface area contributed by atoms with E-state index in [-0.39, 0.29) is 43.8 Å². The fraction of sp³-hybridized carbons (Fsp3) is 0.440. The van der Waals surface area contributed by atoms with Crippen LogP contribution in [0.25, 0.3) is 0 Å². The van der Waals surface area contributed by atoms with Crippen molar-refractivity contribution in [3.63, 3.8) is 0 Å². The summed E-state index contributed by atoms with van der Waals surface area (Å²) >= 11 is 18.3. The molecule has 2 amide bonds. The summed E-state index contributed by atoms with van der Waals surface area (Å²) in [5.74, 6) is -0.575. The normalized spacial score (nSPS) is 12.4. The zero-order valence-electron chi connectivity index (χ0n) is 21.0. The van der Waals surface area contributed by atoms with Crippen molar-refractivity contribution >= 4 is 62.3 Å². The second-order valence-corrected chi connectivity index (χ2v) is 12.1. The number of amides is 2. The van der Waals surface area contributed by atoms with Gasteiger partial charge in [0.25, 0.3) is 0 Å². The Kier molecular flexibility index (Phi) is 10.9. The lowest BCUT2D eigenvalue weighted by molar-refractivity contribution is -0.140. The molecule has 0 saturated heterocycles. The van der Waals surface area contributed by atoms with Crippen molar-refractivity contribution in [3.8, 4) is 0 Å². The zero-order chi connectivity index (χ0) is 27.2. The number of halogens is 3. The quantitative estimate of drug-likeness (QED) is 0.386. The average Bonchev–Trinajstić information content (AvgIpc) is 2.77. The Labute approximate surface area is 228 Å². The van der Waals surface area contributed by atoms with Crippen molar-refractivity contribution in [2.24, 2.45) is 0 Å². The highest BCUT2D eigenvalue weighted by Gasteiger charge is 2.27. The molecule has 2 aromatic rings. The SMILES string of the molecule is Cc1ccc(Cl)cc1N(CCCC(=O)N(Cc1ccc(Cl)c(Cl)c1)[C@H](C)C(=O)NC(C)C)S(C)(=O)=O. The maximum Gasteiger partial charge on any atom is 0.242 e. The van der Waals surface area contributed by atoms with E-state index >= 15 is 0 Å². The summed E-state index contributed by atoms with van der Waals surface area (Å²) in [6, 6.07) is 9.22. The molecule has 0 aromatic heterocycles. The minimum atomic E-state index is -3.62. The van der Waals surface area contributed by atoms with Crippen molar-refractivity contribution in [3.05, 3.63) is 62.6 Å². The maximum absolute atomic E-state index is 13.3. The predicted molar refractivity (Wildman–Crippen MR) is 147 cm³/mol. The first kappa shape index (κ1) is 30.2. The predicted octanol–water partition coefficient (Wildman–Crippen LogP) is 5.44. The molecule has 7 nitrogen and oxygen atoms in total. The van der Waals surface area contributed by atoms with Crippen molar-refractivity contribution < 1.29 is 18.0 Å². The molecular formula is C25H32Cl3N3O4S. The average molecular weight is 577 g/mol. The third kappa shape index (κ3) is 8.54. The van der Waals surface area contributed by atoms with Crippen LogP contribution in [-0.4, -0.2) is 50.0 Å². The van der Waals surface area contributed by atoms with Crippen LogP contribution in [0.2, 0.25) is 15.1 Å². The molecule has 0 fully saturated rings. The number of carbonyl (C=O) groups is 2. The van der Waals surface area contributed by atoms with Crippen LogP contribution >= 0.6 is 34.8 Å². The number of benzene rings is 2. The molecule has 198 valence electrons. The van der Waals surface area contributed by atoms with E-state index in [4.69, 9.17) is 34.8 Å². The van der Waals surface area contributed by atoms with E-state index in [0.29, 0.717) is 26.3 Å². The number of hydrogen-bond donors (Lipinski definition) is 1. The van der Waals surface area contributed by atoms with Gasteiger partial charge in [0, 0.05) is 30.6 Å². The topological polar surface area (TPSA) is 86.8 Å². The number of carbonyl (C=O) groups excluding carboxylic acids is 2. The highest BCUT2D eigenvalue weighted by Crippen LogP contribution is 2.27. The molecule has 0 spiro atoms. The maximum atomic E-state index is 13.3. The van der Waals surface area contributed by atoms with Gasteiger partial charge in [-0.1, -0.05) is 46.9 Å². The van der Waals surface area contributed by atoms with Gasteiger partial charge < -0.3 is 10.2 Å². The highest BCUT2D eigenvalue weighted by molar-refractivity contribution is 7.92. The Hall–Kier alpha value is -2.00. The van der Waals surface area contributed by atoms with Crippen LogP contribution in [0.5, 0.6) is 0 Å². The molecule has 36 heavy (non-hydrogen) atoms. The molecule has 1 atom stereocenters. The van der Waals surface area contributed by atoms with Gasteiger partial charge in [0.15, 0.2) is 0 Å². The monoisotopic (exact) mass is 575 g/mol. The number of aryl methyl sites for hydroxylation is 1. The van der Waals surface area contributed by atoms with Gasteiger partial charge in [-0.2, -0.15) is 0 Å². The second-order valence-electron chi connectivity index (χ2n) is 8.98. The lowest BCUT2D eigenvalue weighted by atomic mass is 10.1. The van der Waals surface area contributed by atoms with E-state index in [1.165, 1.54) is 9.21 Å². The van der Waals surface area contributed by atoms with E-state index < -0.39 is 16.1 Å². The van der Waals surface area contributed by atoms with Crippen molar-refractivity contribution in [2.75, 3.05) is 17.1 Å².